The normalized spacial score (nSPS) is 22.8. The Labute approximate surface area is 148 Å². The fourth-order valence-electron chi connectivity index (χ4n) is 3.29. The van der Waals surface area contributed by atoms with Gasteiger partial charge in [0.2, 0.25) is 0 Å². The summed E-state index contributed by atoms with van der Waals surface area (Å²) in [6.45, 7) is 0. The minimum absolute atomic E-state index is 0.0876. The van der Waals surface area contributed by atoms with Gasteiger partial charge < -0.3 is 0 Å². The van der Waals surface area contributed by atoms with Crippen molar-refractivity contribution in [3.05, 3.63) is 24.3 Å². The first-order valence-corrected chi connectivity index (χ1v) is 8.87. The molecule has 4 rings (SSSR count). The molecular formula is C15H18Cl2N6O. The Morgan fingerprint density at radius 3 is 1.67 bits per heavy atom. The zero-order chi connectivity index (χ0) is 16.8. The van der Waals surface area contributed by atoms with Gasteiger partial charge in [-0.3, -0.25) is 15.0 Å². The lowest BCUT2D eigenvalue weighted by molar-refractivity contribution is -0.127. The Morgan fingerprint density at radius 1 is 0.958 bits per heavy atom. The molecule has 2 aliphatic rings. The molecule has 2 aromatic rings. The molecule has 2 heterocycles. The first-order valence-electron chi connectivity index (χ1n) is 8.11. The van der Waals surface area contributed by atoms with Crippen LogP contribution >= 0.6 is 23.2 Å². The van der Waals surface area contributed by atoms with Crippen molar-refractivity contribution in [1.29, 1.82) is 0 Å². The molecule has 128 valence electrons. The van der Waals surface area contributed by atoms with Gasteiger partial charge in [0.15, 0.2) is 11.6 Å². The number of hydrogen-bond donors (Lipinski definition) is 2. The maximum absolute atomic E-state index is 13.4. The van der Waals surface area contributed by atoms with E-state index in [9.17, 15) is 4.79 Å². The Morgan fingerprint density at radius 2 is 1.38 bits per heavy atom. The quantitative estimate of drug-likeness (QED) is 0.694. The van der Waals surface area contributed by atoms with Crippen LogP contribution in [-0.2, 0) is 17.6 Å². The maximum atomic E-state index is 13.4. The summed E-state index contributed by atoms with van der Waals surface area (Å²) in [5.41, 5.74) is 0. The van der Waals surface area contributed by atoms with Crippen molar-refractivity contribution in [2.75, 3.05) is 0 Å². The van der Waals surface area contributed by atoms with Gasteiger partial charge in [0, 0.05) is 24.7 Å². The van der Waals surface area contributed by atoms with E-state index in [1.54, 1.807) is 0 Å². The Hall–Kier alpha value is -1.47. The van der Waals surface area contributed by atoms with Crippen LogP contribution in [0.1, 0.15) is 37.3 Å². The number of nitrogens with zero attached hydrogens (tertiary/aromatic N) is 4. The Bertz CT molecular complexity index is 648. The number of H-pyrrole nitrogens is 2. The molecule has 24 heavy (non-hydrogen) atoms. The van der Waals surface area contributed by atoms with E-state index in [4.69, 9.17) is 23.2 Å². The largest absolute Gasteiger partial charge is 0.299 e. The van der Waals surface area contributed by atoms with E-state index in [-0.39, 0.29) is 17.6 Å². The smallest absolute Gasteiger partial charge is 0.151 e. The molecule has 0 bridgehead atoms. The van der Waals surface area contributed by atoms with Crippen LogP contribution in [0.15, 0.2) is 12.7 Å². The van der Waals surface area contributed by atoms with Gasteiger partial charge in [-0.25, -0.2) is 9.97 Å². The van der Waals surface area contributed by atoms with Gasteiger partial charge in [0.05, 0.1) is 9.75 Å². The molecule has 2 saturated carbocycles. The number of rotatable bonds is 8. The van der Waals surface area contributed by atoms with Gasteiger partial charge in [-0.05, 0) is 25.7 Å². The lowest BCUT2D eigenvalue weighted by Crippen LogP contribution is -2.39. The molecule has 0 amide bonds. The lowest BCUT2D eigenvalue weighted by atomic mass is 9.81. The fourth-order valence-corrected chi connectivity index (χ4v) is 3.85. The van der Waals surface area contributed by atoms with E-state index < -0.39 is 9.75 Å². The summed E-state index contributed by atoms with van der Waals surface area (Å²) in [5, 5.41) is 13.5. The molecule has 2 atom stereocenters. The molecule has 7 nitrogen and oxygen atoms in total. The number of carbonyl (C=O) groups is 1. The van der Waals surface area contributed by atoms with Crippen LogP contribution in [0, 0.1) is 11.8 Å². The highest BCUT2D eigenvalue weighted by atomic mass is 35.5. The van der Waals surface area contributed by atoms with Crippen LogP contribution in [0.5, 0.6) is 0 Å². The average molecular weight is 369 g/mol. The summed E-state index contributed by atoms with van der Waals surface area (Å²) in [6, 6.07) is 0. The van der Waals surface area contributed by atoms with Crippen LogP contribution in [-0.4, -0.2) is 45.9 Å². The van der Waals surface area contributed by atoms with E-state index >= 15 is 0 Å². The molecule has 0 radical (unpaired) electrons. The van der Waals surface area contributed by atoms with Gasteiger partial charge in [-0.2, -0.15) is 10.2 Å². The Kier molecular flexibility index (Phi) is 3.88. The molecule has 9 heteroatoms. The van der Waals surface area contributed by atoms with Crippen LogP contribution in [0.4, 0.5) is 0 Å². The highest BCUT2D eigenvalue weighted by molar-refractivity contribution is 6.29. The van der Waals surface area contributed by atoms with Crippen LogP contribution in [0.2, 0.25) is 0 Å². The van der Waals surface area contributed by atoms with Gasteiger partial charge in [0.25, 0.3) is 0 Å². The summed E-state index contributed by atoms with van der Waals surface area (Å²) >= 11 is 13.3. The molecule has 2 aliphatic carbocycles. The predicted molar refractivity (Wildman–Crippen MR) is 87.8 cm³/mol. The van der Waals surface area contributed by atoms with E-state index in [2.05, 4.69) is 30.4 Å². The van der Waals surface area contributed by atoms with Crippen molar-refractivity contribution >= 4 is 29.0 Å². The predicted octanol–water partition coefficient (Wildman–Crippen LogP) is 2.05. The second-order valence-electron chi connectivity index (χ2n) is 6.82. The molecule has 0 saturated heterocycles. The molecule has 0 aromatic carbocycles. The topological polar surface area (TPSA) is 100 Å². The third-order valence-corrected chi connectivity index (χ3v) is 6.38. The van der Waals surface area contributed by atoms with Crippen molar-refractivity contribution in [2.45, 2.75) is 48.3 Å². The second-order valence-corrected chi connectivity index (χ2v) is 8.32. The monoisotopic (exact) mass is 368 g/mol. The summed E-state index contributed by atoms with van der Waals surface area (Å²) < 4.78 is 0. The minimum Gasteiger partial charge on any atom is -0.299 e. The molecule has 0 aliphatic heterocycles. The third kappa shape index (κ3) is 3.07. The first kappa shape index (κ1) is 16.0. The number of Topliss-reactive ketones (excluding diaryl/α,β-unsaturated/α-hetero) is 1. The van der Waals surface area contributed by atoms with Crippen LogP contribution < -0.4 is 0 Å². The molecule has 2 N–H and O–H groups in total. The number of alkyl halides is 2. The van der Waals surface area contributed by atoms with Crippen molar-refractivity contribution < 1.29 is 4.79 Å². The minimum atomic E-state index is -0.489. The van der Waals surface area contributed by atoms with Crippen LogP contribution in [0.25, 0.3) is 0 Å². The summed E-state index contributed by atoms with van der Waals surface area (Å²) in [5.74, 6) is 0.627. The maximum Gasteiger partial charge on any atom is 0.151 e. The fraction of sp³-hybridized carbons (Fsp3) is 0.667. The second kappa shape index (κ2) is 5.81. The van der Waals surface area contributed by atoms with E-state index in [0.29, 0.717) is 24.5 Å². The number of aromatic amines is 2. The highest BCUT2D eigenvalue weighted by Gasteiger charge is 2.58. The third-order valence-electron chi connectivity index (χ3n) is 5.09. The van der Waals surface area contributed by atoms with E-state index in [0.717, 1.165) is 25.7 Å². The lowest BCUT2D eigenvalue weighted by Gasteiger charge is -2.27. The molecule has 2 unspecified atom stereocenters. The zero-order valence-corrected chi connectivity index (χ0v) is 14.5. The van der Waals surface area contributed by atoms with Crippen molar-refractivity contribution in [3.8, 4) is 0 Å². The number of carbonyl (C=O) groups excluding carboxylic acids is 1. The standard InChI is InChI=1S/C15H18Cl2N6O/c16-14(1-2-14)9(5-11-18-7-20-22-11)13(24)10(15(17)3-4-15)6-12-19-8-21-23-12/h7-10H,1-6H2,(H,18,20,22)(H,19,21,23). The van der Waals surface area contributed by atoms with E-state index in [1.807, 2.05) is 0 Å². The van der Waals surface area contributed by atoms with Crippen molar-refractivity contribution in [3.63, 3.8) is 0 Å². The van der Waals surface area contributed by atoms with E-state index in [1.165, 1.54) is 12.7 Å². The number of aromatic nitrogens is 6. The summed E-state index contributed by atoms with van der Waals surface area (Å²) in [7, 11) is 0. The van der Waals surface area contributed by atoms with Gasteiger partial charge in [0.1, 0.15) is 18.4 Å². The summed E-state index contributed by atoms with van der Waals surface area (Å²) in [4.78, 5) is 20.7. The van der Waals surface area contributed by atoms with Gasteiger partial charge in [-0.15, -0.1) is 23.2 Å². The average Bonchev–Trinajstić information content (AvgIpc) is 3.32. The highest BCUT2D eigenvalue weighted by Crippen LogP contribution is 2.55. The van der Waals surface area contributed by atoms with Gasteiger partial charge >= 0.3 is 0 Å². The molecule has 2 fully saturated rings. The number of ketones is 1. The number of nitrogens with one attached hydrogen (secondary N) is 2. The van der Waals surface area contributed by atoms with Gasteiger partial charge in [-0.1, -0.05) is 0 Å². The van der Waals surface area contributed by atoms with Crippen LogP contribution in [0.3, 0.4) is 0 Å². The Balaban J connectivity index is 1.59. The molecular weight excluding hydrogens is 351 g/mol. The number of hydrogen-bond acceptors (Lipinski definition) is 5. The first-order chi connectivity index (χ1) is 11.5. The van der Waals surface area contributed by atoms with Crippen molar-refractivity contribution in [2.24, 2.45) is 11.8 Å². The SMILES string of the molecule is O=C(C(Cc1nc[nH]n1)C1(Cl)CC1)C(Cc1nc[nH]n1)C1(Cl)CC1. The molecule has 2 aromatic heterocycles. The van der Waals surface area contributed by atoms with Crippen molar-refractivity contribution in [1.82, 2.24) is 30.4 Å². The molecule has 0 spiro atoms. The number of halogens is 2. The summed E-state index contributed by atoms with van der Waals surface area (Å²) in [6.07, 6.45) is 7.22. The zero-order valence-electron chi connectivity index (χ0n) is 13.0.